The highest BCUT2D eigenvalue weighted by atomic mass is 32.2. The smallest absolute Gasteiger partial charge is 0.156 e. The summed E-state index contributed by atoms with van der Waals surface area (Å²) in [7, 11) is 0. The molecule has 0 aliphatic rings. The van der Waals surface area contributed by atoms with Crippen molar-refractivity contribution in [2.45, 2.75) is 9.37 Å². The molecule has 0 radical (unpaired) electrons. The predicted octanol–water partition coefficient (Wildman–Crippen LogP) is 1.37. The monoisotopic (exact) mass is 237 g/mol. The van der Waals surface area contributed by atoms with Crippen LogP contribution in [0.1, 0.15) is 5.69 Å². The van der Waals surface area contributed by atoms with E-state index in [0.717, 1.165) is 9.37 Å². The molecule has 2 aromatic rings. The van der Waals surface area contributed by atoms with Crippen molar-refractivity contribution in [2.75, 3.05) is 0 Å². The van der Waals surface area contributed by atoms with Gasteiger partial charge in [-0.15, -0.1) is 11.3 Å². The fourth-order valence-corrected chi connectivity index (χ4v) is 2.34. The Morgan fingerprint density at radius 1 is 1.33 bits per heavy atom. The van der Waals surface area contributed by atoms with Gasteiger partial charge < -0.3 is 5.73 Å². The van der Waals surface area contributed by atoms with Gasteiger partial charge in [-0.2, -0.15) is 0 Å². The van der Waals surface area contributed by atoms with Crippen molar-refractivity contribution in [3.05, 3.63) is 29.7 Å². The summed E-state index contributed by atoms with van der Waals surface area (Å²) in [4.78, 5) is 12.2. The molecule has 0 saturated heterocycles. The Balaban J connectivity index is 2.14. The number of hydrogen-bond donors (Lipinski definition) is 2. The fourth-order valence-electron chi connectivity index (χ4n) is 0.858. The van der Waals surface area contributed by atoms with Crippen LogP contribution in [0.15, 0.2) is 33.3 Å². The van der Waals surface area contributed by atoms with Crippen molar-refractivity contribution >= 4 is 28.9 Å². The summed E-state index contributed by atoms with van der Waals surface area (Å²) < 4.78 is 0.917. The maximum atomic E-state index is 7.16. The molecule has 0 bridgehead atoms. The lowest BCUT2D eigenvalue weighted by Crippen LogP contribution is -2.13. The van der Waals surface area contributed by atoms with Crippen LogP contribution in [0.5, 0.6) is 0 Å². The summed E-state index contributed by atoms with van der Waals surface area (Å²) in [6, 6.07) is 0. The average Bonchev–Trinajstić information content (AvgIpc) is 2.71. The van der Waals surface area contributed by atoms with Crippen LogP contribution in [0.25, 0.3) is 0 Å². The molecule has 76 valence electrons. The number of thiazole rings is 1. The molecule has 0 amide bonds. The van der Waals surface area contributed by atoms with Crippen LogP contribution in [0, 0.1) is 5.41 Å². The van der Waals surface area contributed by atoms with Crippen LogP contribution in [-0.2, 0) is 0 Å². The highest BCUT2D eigenvalue weighted by Gasteiger charge is 2.03. The van der Waals surface area contributed by atoms with Gasteiger partial charge in [-0.1, -0.05) is 0 Å². The first-order valence-electron chi connectivity index (χ1n) is 3.99. The van der Waals surface area contributed by atoms with Crippen LogP contribution in [-0.4, -0.2) is 20.8 Å². The van der Waals surface area contributed by atoms with Gasteiger partial charge in [0.1, 0.15) is 16.6 Å². The lowest BCUT2D eigenvalue weighted by molar-refractivity contribution is 1.04. The van der Waals surface area contributed by atoms with Crippen molar-refractivity contribution in [3.8, 4) is 0 Å². The van der Waals surface area contributed by atoms with Crippen LogP contribution >= 0.6 is 23.1 Å². The molecular weight excluding hydrogens is 230 g/mol. The van der Waals surface area contributed by atoms with Crippen LogP contribution in [0.4, 0.5) is 0 Å². The van der Waals surface area contributed by atoms with Gasteiger partial charge in [0.05, 0.1) is 12.4 Å². The number of nitrogens with two attached hydrogens (primary N) is 1. The van der Waals surface area contributed by atoms with Crippen LogP contribution in [0.2, 0.25) is 0 Å². The van der Waals surface area contributed by atoms with Gasteiger partial charge in [-0.25, -0.2) is 15.0 Å². The number of hydrogen-bond acceptors (Lipinski definition) is 6. The number of nitrogens with one attached hydrogen (secondary N) is 1. The van der Waals surface area contributed by atoms with E-state index in [9.17, 15) is 0 Å². The van der Waals surface area contributed by atoms with E-state index < -0.39 is 0 Å². The summed E-state index contributed by atoms with van der Waals surface area (Å²) in [6.07, 6.45) is 4.81. The third-order valence-electron chi connectivity index (χ3n) is 1.51. The highest BCUT2D eigenvalue weighted by Crippen LogP contribution is 2.26. The molecule has 0 aliphatic heterocycles. The Morgan fingerprint density at radius 2 is 2.20 bits per heavy atom. The minimum atomic E-state index is -0.0756. The van der Waals surface area contributed by atoms with Gasteiger partial charge in [-0.05, 0) is 11.8 Å². The highest BCUT2D eigenvalue weighted by molar-refractivity contribution is 8.00. The van der Waals surface area contributed by atoms with Gasteiger partial charge in [0.25, 0.3) is 0 Å². The quantitative estimate of drug-likeness (QED) is 0.621. The fraction of sp³-hybridized carbons (Fsp3) is 0. The van der Waals surface area contributed by atoms with E-state index in [0.29, 0.717) is 5.69 Å². The molecule has 3 N–H and O–H groups in total. The maximum Gasteiger partial charge on any atom is 0.156 e. The van der Waals surface area contributed by atoms with Crippen molar-refractivity contribution in [1.82, 2.24) is 15.0 Å². The van der Waals surface area contributed by atoms with E-state index in [2.05, 4.69) is 15.0 Å². The molecule has 2 aromatic heterocycles. The van der Waals surface area contributed by atoms with E-state index in [1.165, 1.54) is 18.0 Å². The number of nitrogens with zero attached hydrogens (tertiary/aromatic N) is 3. The van der Waals surface area contributed by atoms with Crippen molar-refractivity contribution < 1.29 is 0 Å². The molecule has 2 rings (SSSR count). The second-order valence-electron chi connectivity index (χ2n) is 2.55. The predicted molar refractivity (Wildman–Crippen MR) is 59.3 cm³/mol. The van der Waals surface area contributed by atoms with Crippen LogP contribution in [0.3, 0.4) is 0 Å². The van der Waals surface area contributed by atoms with Gasteiger partial charge in [-0.3, -0.25) is 5.41 Å². The summed E-state index contributed by atoms with van der Waals surface area (Å²) >= 11 is 2.98. The Morgan fingerprint density at radius 3 is 2.73 bits per heavy atom. The second kappa shape index (κ2) is 4.37. The van der Waals surface area contributed by atoms with Crippen molar-refractivity contribution in [3.63, 3.8) is 0 Å². The normalized spacial score (nSPS) is 10.1. The van der Waals surface area contributed by atoms with Gasteiger partial charge >= 0.3 is 0 Å². The van der Waals surface area contributed by atoms with E-state index in [1.54, 1.807) is 23.7 Å². The van der Waals surface area contributed by atoms with E-state index in [4.69, 9.17) is 11.1 Å². The molecule has 0 aliphatic carbocycles. The standard InChI is InChI=1S/C8H7N5S2/c9-7(10)5-3-13-6(4-12-5)15-8-11-1-2-14-8/h1-4H,(H3,9,10). The van der Waals surface area contributed by atoms with Crippen molar-refractivity contribution in [2.24, 2.45) is 5.73 Å². The van der Waals surface area contributed by atoms with Crippen molar-refractivity contribution in [1.29, 1.82) is 5.41 Å². The summed E-state index contributed by atoms with van der Waals surface area (Å²) in [6.45, 7) is 0. The molecule has 0 spiro atoms. The molecule has 7 heteroatoms. The maximum absolute atomic E-state index is 7.16. The Labute approximate surface area is 94.3 Å². The second-order valence-corrected chi connectivity index (χ2v) is 4.72. The lowest BCUT2D eigenvalue weighted by Gasteiger charge is -1.98. The Hall–Kier alpha value is -1.47. The Bertz CT molecular complexity index is 450. The molecule has 0 fully saturated rings. The first-order valence-corrected chi connectivity index (χ1v) is 5.69. The number of amidine groups is 1. The molecule has 0 atom stereocenters. The molecule has 5 nitrogen and oxygen atoms in total. The Kier molecular flexibility index (Phi) is 2.93. The zero-order valence-electron chi connectivity index (χ0n) is 7.54. The van der Waals surface area contributed by atoms with E-state index in [1.807, 2.05) is 5.38 Å². The molecular formula is C8H7N5S2. The largest absolute Gasteiger partial charge is 0.382 e. The molecule has 15 heavy (non-hydrogen) atoms. The lowest BCUT2D eigenvalue weighted by atomic mass is 10.4. The average molecular weight is 237 g/mol. The van der Waals surface area contributed by atoms with E-state index >= 15 is 0 Å². The van der Waals surface area contributed by atoms with Crippen LogP contribution < -0.4 is 5.73 Å². The number of nitrogen functional groups attached to an aromatic ring is 1. The molecule has 0 aromatic carbocycles. The molecule has 2 heterocycles. The zero-order chi connectivity index (χ0) is 10.7. The number of rotatable bonds is 3. The first-order chi connectivity index (χ1) is 7.25. The van der Waals surface area contributed by atoms with E-state index in [-0.39, 0.29) is 5.84 Å². The minimum absolute atomic E-state index is 0.0756. The SMILES string of the molecule is N=C(N)c1cnc(Sc2nccs2)cn1. The molecule has 0 unspecified atom stereocenters. The summed E-state index contributed by atoms with van der Waals surface area (Å²) in [5, 5.41) is 9.81. The third-order valence-corrected chi connectivity index (χ3v) is 3.31. The minimum Gasteiger partial charge on any atom is -0.382 e. The van der Waals surface area contributed by atoms with Gasteiger partial charge in [0, 0.05) is 11.6 Å². The summed E-state index contributed by atoms with van der Waals surface area (Å²) in [5.74, 6) is -0.0756. The number of aromatic nitrogens is 3. The summed E-state index contributed by atoms with van der Waals surface area (Å²) in [5.41, 5.74) is 5.65. The molecule has 0 saturated carbocycles. The first kappa shape index (κ1) is 10.1. The van der Waals surface area contributed by atoms with Gasteiger partial charge in [0.15, 0.2) is 4.34 Å². The third kappa shape index (κ3) is 2.51. The van der Waals surface area contributed by atoms with Gasteiger partial charge in [0.2, 0.25) is 0 Å². The zero-order valence-corrected chi connectivity index (χ0v) is 9.18. The topological polar surface area (TPSA) is 88.5 Å².